The highest BCUT2D eigenvalue weighted by molar-refractivity contribution is 5.93. The van der Waals surface area contributed by atoms with Crippen LogP contribution in [-0.4, -0.2) is 51.0 Å². The first kappa shape index (κ1) is 20.3. The summed E-state index contributed by atoms with van der Waals surface area (Å²) in [5, 5.41) is 15.5. The van der Waals surface area contributed by atoms with Crippen LogP contribution in [0.15, 0.2) is 30.3 Å². The lowest BCUT2D eigenvalue weighted by Crippen LogP contribution is -2.53. The molecule has 1 saturated heterocycles. The third-order valence-electron chi connectivity index (χ3n) is 5.07. The van der Waals surface area contributed by atoms with Crippen LogP contribution in [0.3, 0.4) is 0 Å². The molecule has 0 aliphatic carbocycles. The lowest BCUT2D eigenvalue weighted by Gasteiger charge is -2.38. The molecule has 0 saturated carbocycles. The van der Waals surface area contributed by atoms with Gasteiger partial charge in [0.1, 0.15) is 29.5 Å². The van der Waals surface area contributed by atoms with Gasteiger partial charge in [0, 0.05) is 13.1 Å². The van der Waals surface area contributed by atoms with E-state index >= 15 is 0 Å². The number of hydrogen-bond donors (Lipinski definition) is 1. The maximum absolute atomic E-state index is 13.1. The van der Waals surface area contributed by atoms with Gasteiger partial charge in [-0.05, 0) is 56.0 Å². The SMILES string of the molecule is CCn1nc(C(C)C)cc1C(=O)N1CCCC(O)(COc2ccc(F)cc2)C1. The average molecular weight is 389 g/mol. The van der Waals surface area contributed by atoms with E-state index in [2.05, 4.69) is 5.10 Å². The van der Waals surface area contributed by atoms with Crippen molar-refractivity contribution >= 4 is 5.91 Å². The molecule has 1 amide bonds. The van der Waals surface area contributed by atoms with Gasteiger partial charge in [-0.2, -0.15) is 5.10 Å². The number of amides is 1. The minimum Gasteiger partial charge on any atom is -0.491 e. The third kappa shape index (κ3) is 4.52. The summed E-state index contributed by atoms with van der Waals surface area (Å²) >= 11 is 0. The first-order valence-electron chi connectivity index (χ1n) is 9.79. The van der Waals surface area contributed by atoms with Crippen LogP contribution in [0, 0.1) is 5.82 Å². The Kier molecular flexibility index (Phi) is 6.03. The van der Waals surface area contributed by atoms with E-state index in [0.29, 0.717) is 37.4 Å². The van der Waals surface area contributed by atoms with Gasteiger partial charge in [0.2, 0.25) is 0 Å². The highest BCUT2D eigenvalue weighted by Gasteiger charge is 2.37. The molecule has 0 radical (unpaired) electrons. The molecule has 1 N–H and O–H groups in total. The van der Waals surface area contributed by atoms with E-state index in [1.165, 1.54) is 24.3 Å². The minimum atomic E-state index is -1.14. The molecule has 0 bridgehead atoms. The topological polar surface area (TPSA) is 67.6 Å². The van der Waals surface area contributed by atoms with Crippen LogP contribution in [0.25, 0.3) is 0 Å². The molecule has 3 rings (SSSR count). The number of aliphatic hydroxyl groups is 1. The molecule has 1 aliphatic heterocycles. The van der Waals surface area contributed by atoms with E-state index in [9.17, 15) is 14.3 Å². The maximum atomic E-state index is 13.1. The number of piperidine rings is 1. The van der Waals surface area contributed by atoms with Crippen molar-refractivity contribution in [3.63, 3.8) is 0 Å². The number of β-amino-alcohol motifs (C(OH)–C–C–N with tert-alkyl or cyclic N) is 1. The van der Waals surface area contributed by atoms with Crippen molar-refractivity contribution in [2.45, 2.75) is 51.7 Å². The standard InChI is InChI=1S/C21H28FN3O3/c1-4-25-19(12-18(23-25)15(2)3)20(26)24-11-5-10-21(27,13-24)14-28-17-8-6-16(22)7-9-17/h6-9,12,15,27H,4-5,10-11,13-14H2,1-3H3. The molecule has 1 aliphatic rings. The third-order valence-corrected chi connectivity index (χ3v) is 5.07. The maximum Gasteiger partial charge on any atom is 0.272 e. The Morgan fingerprint density at radius 3 is 2.71 bits per heavy atom. The predicted molar refractivity (Wildman–Crippen MR) is 104 cm³/mol. The van der Waals surface area contributed by atoms with Crippen LogP contribution in [0.2, 0.25) is 0 Å². The van der Waals surface area contributed by atoms with Crippen molar-refractivity contribution in [1.29, 1.82) is 0 Å². The molecule has 7 heteroatoms. The number of carbonyl (C=O) groups excluding carboxylic acids is 1. The lowest BCUT2D eigenvalue weighted by atomic mass is 9.93. The number of hydrogen-bond acceptors (Lipinski definition) is 4. The summed E-state index contributed by atoms with van der Waals surface area (Å²) in [5.74, 6) is 0.264. The molecule has 28 heavy (non-hydrogen) atoms. The molecule has 1 aromatic heterocycles. The van der Waals surface area contributed by atoms with Crippen LogP contribution >= 0.6 is 0 Å². The van der Waals surface area contributed by atoms with Crippen molar-refractivity contribution in [3.05, 3.63) is 47.5 Å². The van der Waals surface area contributed by atoms with E-state index in [-0.39, 0.29) is 30.8 Å². The van der Waals surface area contributed by atoms with E-state index in [1.54, 1.807) is 9.58 Å². The number of carbonyl (C=O) groups is 1. The Bertz CT molecular complexity index is 819. The van der Waals surface area contributed by atoms with Crippen molar-refractivity contribution in [2.24, 2.45) is 0 Å². The van der Waals surface area contributed by atoms with Crippen LogP contribution in [0.1, 0.15) is 55.7 Å². The zero-order valence-electron chi connectivity index (χ0n) is 16.7. The van der Waals surface area contributed by atoms with Gasteiger partial charge in [-0.1, -0.05) is 13.8 Å². The van der Waals surface area contributed by atoms with Gasteiger partial charge in [-0.15, -0.1) is 0 Å². The quantitative estimate of drug-likeness (QED) is 0.824. The second-order valence-corrected chi connectivity index (χ2v) is 7.72. The average Bonchev–Trinajstić information content (AvgIpc) is 3.12. The van der Waals surface area contributed by atoms with E-state index < -0.39 is 5.60 Å². The van der Waals surface area contributed by atoms with Crippen molar-refractivity contribution < 1.29 is 19.0 Å². The molecule has 1 fully saturated rings. The van der Waals surface area contributed by atoms with Gasteiger partial charge in [-0.25, -0.2) is 4.39 Å². The monoisotopic (exact) mass is 389 g/mol. The van der Waals surface area contributed by atoms with Crippen molar-refractivity contribution in [1.82, 2.24) is 14.7 Å². The highest BCUT2D eigenvalue weighted by Crippen LogP contribution is 2.25. The van der Waals surface area contributed by atoms with Gasteiger partial charge in [0.25, 0.3) is 5.91 Å². The number of benzene rings is 1. The molecule has 1 aromatic carbocycles. The fourth-order valence-corrected chi connectivity index (χ4v) is 3.45. The smallest absolute Gasteiger partial charge is 0.272 e. The fourth-order valence-electron chi connectivity index (χ4n) is 3.45. The van der Waals surface area contributed by atoms with Crippen LogP contribution in [0.4, 0.5) is 4.39 Å². The first-order valence-corrected chi connectivity index (χ1v) is 9.79. The Morgan fingerprint density at radius 2 is 2.07 bits per heavy atom. The molecule has 1 unspecified atom stereocenters. The zero-order valence-corrected chi connectivity index (χ0v) is 16.7. The van der Waals surface area contributed by atoms with Gasteiger partial charge in [-0.3, -0.25) is 9.48 Å². The van der Waals surface area contributed by atoms with Crippen LogP contribution in [-0.2, 0) is 6.54 Å². The second-order valence-electron chi connectivity index (χ2n) is 7.72. The fraction of sp³-hybridized carbons (Fsp3) is 0.524. The van der Waals surface area contributed by atoms with Gasteiger partial charge < -0.3 is 14.7 Å². The summed E-state index contributed by atoms with van der Waals surface area (Å²) < 4.78 is 20.4. The normalized spacial score (nSPS) is 19.9. The predicted octanol–water partition coefficient (Wildman–Crippen LogP) is 3.21. The van der Waals surface area contributed by atoms with Crippen molar-refractivity contribution in [2.75, 3.05) is 19.7 Å². The summed E-state index contributed by atoms with van der Waals surface area (Å²) in [6.07, 6.45) is 1.23. The Hall–Kier alpha value is -2.41. The zero-order chi connectivity index (χ0) is 20.3. The van der Waals surface area contributed by atoms with E-state index in [4.69, 9.17) is 4.74 Å². The summed E-state index contributed by atoms with van der Waals surface area (Å²) in [6, 6.07) is 7.52. The highest BCUT2D eigenvalue weighted by atomic mass is 19.1. The van der Waals surface area contributed by atoms with Gasteiger partial charge >= 0.3 is 0 Å². The largest absolute Gasteiger partial charge is 0.491 e. The molecule has 0 spiro atoms. The summed E-state index contributed by atoms with van der Waals surface area (Å²) in [7, 11) is 0. The van der Waals surface area contributed by atoms with Gasteiger partial charge in [0.05, 0.1) is 12.2 Å². The number of aryl methyl sites for hydroxylation is 1. The van der Waals surface area contributed by atoms with E-state index in [0.717, 1.165) is 5.69 Å². The second kappa shape index (κ2) is 8.31. The molecule has 1 atom stereocenters. The molecule has 2 aromatic rings. The minimum absolute atomic E-state index is 0.0483. The van der Waals surface area contributed by atoms with E-state index in [1.807, 2.05) is 26.8 Å². The number of nitrogens with zero attached hydrogens (tertiary/aromatic N) is 3. The van der Waals surface area contributed by atoms with Crippen LogP contribution in [0.5, 0.6) is 5.75 Å². The first-order chi connectivity index (χ1) is 13.3. The number of halogens is 1. The number of rotatable bonds is 6. The van der Waals surface area contributed by atoms with Crippen LogP contribution < -0.4 is 4.74 Å². The number of likely N-dealkylation sites (tertiary alicyclic amines) is 1. The molecular weight excluding hydrogens is 361 g/mol. The number of aromatic nitrogens is 2. The Morgan fingerprint density at radius 1 is 1.36 bits per heavy atom. The summed E-state index contributed by atoms with van der Waals surface area (Å²) in [4.78, 5) is 14.8. The molecular formula is C21H28FN3O3. The summed E-state index contributed by atoms with van der Waals surface area (Å²) in [5.41, 5.74) is 0.298. The van der Waals surface area contributed by atoms with Crippen molar-refractivity contribution in [3.8, 4) is 5.75 Å². The van der Waals surface area contributed by atoms with Gasteiger partial charge in [0.15, 0.2) is 0 Å². The Labute approximate surface area is 164 Å². The molecule has 2 heterocycles. The molecule has 6 nitrogen and oxygen atoms in total. The lowest BCUT2D eigenvalue weighted by molar-refractivity contribution is -0.0534. The Balaban J connectivity index is 1.69. The number of ether oxygens (including phenoxy) is 1. The summed E-state index contributed by atoms with van der Waals surface area (Å²) in [6.45, 7) is 7.48. The molecule has 152 valence electrons.